The van der Waals surface area contributed by atoms with E-state index in [0.717, 1.165) is 19.3 Å². The van der Waals surface area contributed by atoms with Gasteiger partial charge in [0.2, 0.25) is 5.91 Å². The van der Waals surface area contributed by atoms with Gasteiger partial charge in [0, 0.05) is 6.92 Å². The highest BCUT2D eigenvalue weighted by Crippen LogP contribution is 2.29. The lowest BCUT2D eigenvalue weighted by atomic mass is 9.79. The van der Waals surface area contributed by atoms with Crippen molar-refractivity contribution in [3.63, 3.8) is 0 Å². The van der Waals surface area contributed by atoms with Crippen molar-refractivity contribution in [3.8, 4) is 0 Å². The van der Waals surface area contributed by atoms with Crippen molar-refractivity contribution in [2.24, 2.45) is 5.92 Å². The highest BCUT2D eigenvalue weighted by Gasteiger charge is 2.32. The van der Waals surface area contributed by atoms with Crippen molar-refractivity contribution in [3.05, 3.63) is 0 Å². The number of hydrogen-bond donors (Lipinski definition) is 2. The van der Waals surface area contributed by atoms with E-state index in [0.29, 0.717) is 0 Å². The SMILES string of the molecule is CC(=O)N[C@H](C(=O)O)C1CCC1. The molecular formula is C8H13NO3. The summed E-state index contributed by atoms with van der Waals surface area (Å²) < 4.78 is 0. The molecule has 0 bridgehead atoms. The highest BCUT2D eigenvalue weighted by molar-refractivity contribution is 5.82. The van der Waals surface area contributed by atoms with Gasteiger partial charge >= 0.3 is 5.97 Å². The number of amides is 1. The van der Waals surface area contributed by atoms with E-state index >= 15 is 0 Å². The molecule has 4 nitrogen and oxygen atoms in total. The van der Waals surface area contributed by atoms with Crippen LogP contribution in [0.1, 0.15) is 26.2 Å². The van der Waals surface area contributed by atoms with Crippen molar-refractivity contribution in [2.75, 3.05) is 0 Å². The lowest BCUT2D eigenvalue weighted by Gasteiger charge is -2.31. The van der Waals surface area contributed by atoms with Gasteiger partial charge in [-0.1, -0.05) is 6.42 Å². The molecule has 0 unspecified atom stereocenters. The monoisotopic (exact) mass is 171 g/mol. The summed E-state index contributed by atoms with van der Waals surface area (Å²) in [5.74, 6) is -1.05. The summed E-state index contributed by atoms with van der Waals surface area (Å²) in [6.07, 6.45) is 2.91. The topological polar surface area (TPSA) is 66.4 Å². The van der Waals surface area contributed by atoms with Crippen LogP contribution in [-0.4, -0.2) is 23.0 Å². The van der Waals surface area contributed by atoms with Gasteiger partial charge in [0.25, 0.3) is 0 Å². The second-order valence-corrected chi connectivity index (χ2v) is 3.21. The molecule has 1 amide bonds. The third kappa shape index (κ3) is 1.96. The van der Waals surface area contributed by atoms with E-state index in [1.165, 1.54) is 6.92 Å². The van der Waals surface area contributed by atoms with E-state index in [1.807, 2.05) is 0 Å². The van der Waals surface area contributed by atoms with Gasteiger partial charge in [0.15, 0.2) is 0 Å². The molecule has 1 aliphatic rings. The number of nitrogens with one attached hydrogen (secondary N) is 1. The molecule has 68 valence electrons. The molecule has 1 atom stereocenters. The standard InChI is InChI=1S/C8H13NO3/c1-5(10)9-7(8(11)12)6-3-2-4-6/h6-7H,2-4H2,1H3,(H,9,10)(H,11,12)/t7-/m0/s1. The van der Waals surface area contributed by atoms with Crippen LogP contribution in [0, 0.1) is 5.92 Å². The van der Waals surface area contributed by atoms with Crippen molar-refractivity contribution in [2.45, 2.75) is 32.2 Å². The minimum absolute atomic E-state index is 0.145. The summed E-state index contributed by atoms with van der Waals surface area (Å²) >= 11 is 0. The van der Waals surface area contributed by atoms with Gasteiger partial charge in [-0.25, -0.2) is 4.79 Å². The zero-order valence-electron chi connectivity index (χ0n) is 7.04. The molecule has 2 N–H and O–H groups in total. The summed E-state index contributed by atoms with van der Waals surface area (Å²) in [7, 11) is 0. The quantitative estimate of drug-likeness (QED) is 0.645. The van der Waals surface area contributed by atoms with Crippen LogP contribution in [0.2, 0.25) is 0 Å². The average molecular weight is 171 g/mol. The van der Waals surface area contributed by atoms with Gasteiger partial charge < -0.3 is 10.4 Å². The summed E-state index contributed by atoms with van der Waals surface area (Å²) in [5.41, 5.74) is 0. The molecule has 0 saturated heterocycles. The zero-order chi connectivity index (χ0) is 9.14. The molecule has 1 aliphatic carbocycles. The Morgan fingerprint density at radius 1 is 1.50 bits per heavy atom. The molecule has 12 heavy (non-hydrogen) atoms. The maximum Gasteiger partial charge on any atom is 0.326 e. The highest BCUT2D eigenvalue weighted by atomic mass is 16.4. The first-order valence-corrected chi connectivity index (χ1v) is 4.11. The van der Waals surface area contributed by atoms with Crippen molar-refractivity contribution in [1.82, 2.24) is 5.32 Å². The second kappa shape index (κ2) is 3.56. The van der Waals surface area contributed by atoms with Crippen LogP contribution >= 0.6 is 0 Å². The van der Waals surface area contributed by atoms with Crippen LogP contribution in [0.5, 0.6) is 0 Å². The smallest absolute Gasteiger partial charge is 0.326 e. The van der Waals surface area contributed by atoms with Gasteiger partial charge in [0.1, 0.15) is 6.04 Å². The number of carbonyl (C=O) groups is 2. The van der Waals surface area contributed by atoms with Crippen LogP contribution in [-0.2, 0) is 9.59 Å². The van der Waals surface area contributed by atoms with E-state index < -0.39 is 12.0 Å². The van der Waals surface area contributed by atoms with E-state index in [1.54, 1.807) is 0 Å². The molecule has 4 heteroatoms. The molecule has 0 aromatic carbocycles. The van der Waals surface area contributed by atoms with Crippen LogP contribution in [0.3, 0.4) is 0 Å². The fraction of sp³-hybridized carbons (Fsp3) is 0.750. The summed E-state index contributed by atoms with van der Waals surface area (Å²) in [6.45, 7) is 1.34. The zero-order valence-corrected chi connectivity index (χ0v) is 7.04. The first-order chi connectivity index (χ1) is 5.61. The minimum Gasteiger partial charge on any atom is -0.480 e. The number of aliphatic carboxylic acids is 1. The predicted molar refractivity (Wildman–Crippen MR) is 42.6 cm³/mol. The summed E-state index contributed by atoms with van der Waals surface area (Å²) in [4.78, 5) is 21.3. The van der Waals surface area contributed by atoms with Crippen molar-refractivity contribution < 1.29 is 14.7 Å². The van der Waals surface area contributed by atoms with Gasteiger partial charge in [-0.15, -0.1) is 0 Å². The Morgan fingerprint density at radius 2 is 2.08 bits per heavy atom. The maximum absolute atomic E-state index is 10.7. The Hall–Kier alpha value is -1.06. The summed E-state index contributed by atoms with van der Waals surface area (Å²) in [6, 6.07) is -0.670. The average Bonchev–Trinajstić information content (AvgIpc) is 1.80. The fourth-order valence-electron chi connectivity index (χ4n) is 1.37. The fourth-order valence-corrected chi connectivity index (χ4v) is 1.37. The Balaban J connectivity index is 2.48. The normalized spacial score (nSPS) is 19.4. The predicted octanol–water partition coefficient (Wildman–Crippen LogP) is 0.376. The third-order valence-corrected chi connectivity index (χ3v) is 2.25. The van der Waals surface area contributed by atoms with Crippen LogP contribution in [0.4, 0.5) is 0 Å². The number of carboxylic acid groups (broad SMARTS) is 1. The Labute approximate surface area is 71.0 Å². The molecule has 1 saturated carbocycles. The molecule has 0 aromatic heterocycles. The lowest BCUT2D eigenvalue weighted by Crippen LogP contribution is -2.47. The van der Waals surface area contributed by atoms with E-state index in [4.69, 9.17) is 5.11 Å². The van der Waals surface area contributed by atoms with E-state index in [2.05, 4.69) is 5.32 Å². The molecule has 0 spiro atoms. The van der Waals surface area contributed by atoms with Gasteiger partial charge in [-0.05, 0) is 18.8 Å². The number of hydrogen-bond acceptors (Lipinski definition) is 2. The first-order valence-electron chi connectivity index (χ1n) is 4.11. The molecule has 0 aromatic rings. The van der Waals surface area contributed by atoms with E-state index in [9.17, 15) is 9.59 Å². The Morgan fingerprint density at radius 3 is 2.33 bits per heavy atom. The van der Waals surface area contributed by atoms with Gasteiger partial charge in [-0.3, -0.25) is 4.79 Å². The third-order valence-electron chi connectivity index (χ3n) is 2.25. The van der Waals surface area contributed by atoms with Crippen LogP contribution in [0.25, 0.3) is 0 Å². The Bertz CT molecular complexity index is 198. The molecular weight excluding hydrogens is 158 g/mol. The van der Waals surface area contributed by atoms with Gasteiger partial charge in [0.05, 0.1) is 0 Å². The Kier molecular flexibility index (Phi) is 2.68. The molecule has 0 radical (unpaired) electrons. The van der Waals surface area contributed by atoms with Crippen LogP contribution in [0.15, 0.2) is 0 Å². The number of carbonyl (C=O) groups excluding carboxylic acids is 1. The largest absolute Gasteiger partial charge is 0.480 e. The lowest BCUT2D eigenvalue weighted by molar-refractivity contribution is -0.144. The molecule has 0 aliphatic heterocycles. The number of rotatable bonds is 3. The van der Waals surface area contributed by atoms with Crippen LogP contribution < -0.4 is 5.32 Å². The van der Waals surface area contributed by atoms with Gasteiger partial charge in [-0.2, -0.15) is 0 Å². The van der Waals surface area contributed by atoms with Crippen molar-refractivity contribution >= 4 is 11.9 Å². The minimum atomic E-state index is -0.921. The first kappa shape index (κ1) is 9.03. The molecule has 0 heterocycles. The van der Waals surface area contributed by atoms with Crippen molar-refractivity contribution in [1.29, 1.82) is 0 Å². The maximum atomic E-state index is 10.7. The molecule has 1 rings (SSSR count). The number of carboxylic acids is 1. The molecule has 1 fully saturated rings. The second-order valence-electron chi connectivity index (χ2n) is 3.21. The summed E-state index contributed by atoms with van der Waals surface area (Å²) in [5, 5.41) is 11.2. The van der Waals surface area contributed by atoms with E-state index in [-0.39, 0.29) is 11.8 Å².